The molecular weight excluding hydrogens is 484 g/mol. The number of nitrogens with one attached hydrogen (secondary N) is 1. The van der Waals surface area contributed by atoms with E-state index in [-0.39, 0.29) is 18.2 Å². The van der Waals surface area contributed by atoms with Crippen LogP contribution in [0.1, 0.15) is 24.5 Å². The molecule has 3 aromatic rings. The highest BCUT2D eigenvalue weighted by atomic mass is 32.1. The van der Waals surface area contributed by atoms with Gasteiger partial charge in [0.05, 0.1) is 19.2 Å². The van der Waals surface area contributed by atoms with Crippen molar-refractivity contribution in [1.82, 2.24) is 4.90 Å². The van der Waals surface area contributed by atoms with Crippen LogP contribution in [0.15, 0.2) is 72.8 Å². The van der Waals surface area contributed by atoms with E-state index in [4.69, 9.17) is 17.0 Å². The van der Waals surface area contributed by atoms with Crippen LogP contribution in [-0.4, -0.2) is 49.1 Å². The van der Waals surface area contributed by atoms with Crippen LogP contribution in [0.5, 0.6) is 5.75 Å². The molecule has 0 aliphatic carbocycles. The van der Waals surface area contributed by atoms with Crippen LogP contribution in [0, 0.1) is 0 Å². The summed E-state index contributed by atoms with van der Waals surface area (Å²) >= 11 is 5.80. The summed E-state index contributed by atoms with van der Waals surface area (Å²) in [4.78, 5) is 32.1. The van der Waals surface area contributed by atoms with E-state index in [9.17, 15) is 9.59 Å². The van der Waals surface area contributed by atoms with Crippen molar-refractivity contribution in [2.24, 2.45) is 0 Å². The molecule has 7 nitrogen and oxygen atoms in total. The number of methoxy groups -OCH3 is 1. The predicted octanol–water partition coefficient (Wildman–Crippen LogP) is 4.85. The third-order valence-electron chi connectivity index (χ3n) is 6.48. The second-order valence-corrected chi connectivity index (χ2v) is 9.53. The summed E-state index contributed by atoms with van der Waals surface area (Å²) < 4.78 is 5.27. The smallest absolute Gasteiger partial charge is 0.256 e. The molecule has 3 aromatic carbocycles. The van der Waals surface area contributed by atoms with Gasteiger partial charge in [-0.1, -0.05) is 31.2 Å². The Hall–Kier alpha value is -3.91. The summed E-state index contributed by atoms with van der Waals surface area (Å²) in [6.45, 7) is 2.48. The molecule has 4 rings (SSSR count). The Morgan fingerprint density at radius 2 is 1.59 bits per heavy atom. The number of aryl methyl sites for hydroxylation is 1. The van der Waals surface area contributed by atoms with E-state index in [2.05, 4.69) is 12.2 Å². The van der Waals surface area contributed by atoms with Gasteiger partial charge in [-0.05, 0) is 78.3 Å². The molecule has 1 saturated heterocycles. The van der Waals surface area contributed by atoms with Crippen LogP contribution >= 0.6 is 12.2 Å². The molecule has 0 unspecified atom stereocenters. The Morgan fingerprint density at radius 3 is 2.16 bits per heavy atom. The molecule has 1 aliphatic rings. The minimum Gasteiger partial charge on any atom is -0.497 e. The molecule has 0 saturated carbocycles. The minimum atomic E-state index is -0.724. The fourth-order valence-corrected chi connectivity index (χ4v) is 4.68. The van der Waals surface area contributed by atoms with E-state index < -0.39 is 6.04 Å². The maximum atomic E-state index is 13.7. The lowest BCUT2D eigenvalue weighted by Crippen LogP contribution is -2.37. The first-order valence-corrected chi connectivity index (χ1v) is 12.6. The molecule has 0 aromatic heterocycles. The SMILES string of the molecule is CCc1ccc(NC(=O)C[C@H]2C(=O)N(c3ccc(N(C)C)cc3)C(=S)N2Cc2ccc(OC)cc2)cc1. The lowest BCUT2D eigenvalue weighted by molar-refractivity contribution is -0.124. The number of anilines is 3. The molecule has 1 atom stereocenters. The molecule has 8 heteroatoms. The zero-order chi connectivity index (χ0) is 26.5. The Labute approximate surface area is 223 Å². The molecule has 0 spiro atoms. The van der Waals surface area contributed by atoms with E-state index in [0.717, 1.165) is 23.4 Å². The van der Waals surface area contributed by atoms with Crippen molar-refractivity contribution in [2.45, 2.75) is 32.4 Å². The van der Waals surface area contributed by atoms with Gasteiger partial charge in [0, 0.05) is 32.0 Å². The Bertz CT molecular complexity index is 1260. The van der Waals surface area contributed by atoms with E-state index in [1.54, 1.807) is 7.11 Å². The standard InChI is InChI=1S/C29H32N4O3S/c1-5-20-6-10-22(11-7-20)30-27(34)18-26-28(35)33(24-14-12-23(13-15-24)31(2)3)29(37)32(26)19-21-8-16-25(36-4)17-9-21/h6-17,26H,5,18-19H2,1-4H3,(H,30,34)/t26-/m0/s1. The number of benzene rings is 3. The number of amides is 2. The normalized spacial score (nSPS) is 15.2. The third kappa shape index (κ3) is 5.91. The molecule has 1 fully saturated rings. The van der Waals surface area contributed by atoms with Gasteiger partial charge in [-0.2, -0.15) is 0 Å². The topological polar surface area (TPSA) is 65.1 Å². The van der Waals surface area contributed by atoms with Crippen LogP contribution in [-0.2, 0) is 22.6 Å². The highest BCUT2D eigenvalue weighted by Crippen LogP contribution is 2.30. The zero-order valence-corrected chi connectivity index (χ0v) is 22.4. The minimum absolute atomic E-state index is 0.0169. The van der Waals surface area contributed by atoms with E-state index in [1.807, 2.05) is 96.7 Å². The van der Waals surface area contributed by atoms with Gasteiger partial charge in [-0.15, -0.1) is 0 Å². The number of carbonyl (C=O) groups is 2. The largest absolute Gasteiger partial charge is 0.497 e. The van der Waals surface area contributed by atoms with Gasteiger partial charge in [0.2, 0.25) is 5.91 Å². The van der Waals surface area contributed by atoms with Crippen molar-refractivity contribution in [3.8, 4) is 5.75 Å². The fraction of sp³-hybridized carbons (Fsp3) is 0.276. The van der Waals surface area contributed by atoms with E-state index in [1.165, 1.54) is 10.5 Å². The Kier molecular flexibility index (Phi) is 8.08. The summed E-state index contributed by atoms with van der Waals surface area (Å²) in [7, 11) is 5.54. The van der Waals surface area contributed by atoms with Gasteiger partial charge in [-0.25, -0.2) is 0 Å². The van der Waals surface area contributed by atoms with Gasteiger partial charge >= 0.3 is 0 Å². The molecule has 1 N–H and O–H groups in total. The summed E-state index contributed by atoms with van der Waals surface area (Å²) in [5.74, 6) is 0.291. The van der Waals surface area contributed by atoms with Gasteiger partial charge in [0.1, 0.15) is 11.8 Å². The molecular formula is C29H32N4O3S. The van der Waals surface area contributed by atoms with Crippen LogP contribution < -0.4 is 19.9 Å². The van der Waals surface area contributed by atoms with Gasteiger partial charge in [0.25, 0.3) is 5.91 Å². The third-order valence-corrected chi connectivity index (χ3v) is 6.90. The van der Waals surface area contributed by atoms with Crippen molar-refractivity contribution >= 4 is 46.2 Å². The van der Waals surface area contributed by atoms with E-state index in [0.29, 0.717) is 23.0 Å². The van der Waals surface area contributed by atoms with Crippen LogP contribution in [0.3, 0.4) is 0 Å². The summed E-state index contributed by atoms with van der Waals surface area (Å²) in [5, 5.41) is 3.31. The van der Waals surface area contributed by atoms with Crippen LogP contribution in [0.4, 0.5) is 17.1 Å². The maximum Gasteiger partial charge on any atom is 0.256 e. The van der Waals surface area contributed by atoms with Crippen LogP contribution in [0.2, 0.25) is 0 Å². The first-order valence-electron chi connectivity index (χ1n) is 12.2. The van der Waals surface area contributed by atoms with Gasteiger partial charge in [0.15, 0.2) is 5.11 Å². The summed E-state index contributed by atoms with van der Waals surface area (Å²) in [5.41, 5.74) is 4.55. The molecule has 1 heterocycles. The Balaban J connectivity index is 1.58. The maximum absolute atomic E-state index is 13.7. The van der Waals surface area contributed by atoms with E-state index >= 15 is 0 Å². The molecule has 37 heavy (non-hydrogen) atoms. The quantitative estimate of drug-likeness (QED) is 0.410. The summed E-state index contributed by atoms with van der Waals surface area (Å²) in [6, 6.07) is 22.3. The Morgan fingerprint density at radius 1 is 0.973 bits per heavy atom. The first-order chi connectivity index (χ1) is 17.8. The lowest BCUT2D eigenvalue weighted by Gasteiger charge is -2.24. The first kappa shape index (κ1) is 26.2. The lowest BCUT2D eigenvalue weighted by atomic mass is 10.1. The average Bonchev–Trinajstić information content (AvgIpc) is 3.13. The highest BCUT2D eigenvalue weighted by molar-refractivity contribution is 7.80. The predicted molar refractivity (Wildman–Crippen MR) is 152 cm³/mol. The van der Waals surface area contributed by atoms with Crippen LogP contribution in [0.25, 0.3) is 0 Å². The second-order valence-electron chi connectivity index (χ2n) is 9.16. The fourth-order valence-electron chi connectivity index (χ4n) is 4.29. The van der Waals surface area contributed by atoms with Crippen molar-refractivity contribution in [3.05, 3.63) is 83.9 Å². The number of ether oxygens (including phenoxy) is 1. The van der Waals surface area contributed by atoms with Crippen molar-refractivity contribution in [1.29, 1.82) is 0 Å². The number of hydrogen-bond donors (Lipinski definition) is 1. The van der Waals surface area contributed by atoms with Crippen molar-refractivity contribution in [3.63, 3.8) is 0 Å². The number of carbonyl (C=O) groups excluding carboxylic acids is 2. The second kappa shape index (κ2) is 11.4. The number of rotatable bonds is 9. The molecule has 0 radical (unpaired) electrons. The highest BCUT2D eigenvalue weighted by Gasteiger charge is 2.44. The molecule has 1 aliphatic heterocycles. The van der Waals surface area contributed by atoms with Gasteiger partial charge in [-0.3, -0.25) is 14.5 Å². The number of thiocarbonyl (C=S) groups is 1. The van der Waals surface area contributed by atoms with Crippen molar-refractivity contribution in [2.75, 3.05) is 36.3 Å². The number of hydrogen-bond acceptors (Lipinski definition) is 5. The molecule has 2 amide bonds. The molecule has 0 bridgehead atoms. The van der Waals surface area contributed by atoms with Crippen molar-refractivity contribution < 1.29 is 14.3 Å². The average molecular weight is 517 g/mol. The van der Waals surface area contributed by atoms with Gasteiger partial charge < -0.3 is 19.9 Å². The zero-order valence-electron chi connectivity index (χ0n) is 21.6. The summed E-state index contributed by atoms with van der Waals surface area (Å²) in [6.07, 6.45) is 0.908. The number of nitrogens with zero attached hydrogens (tertiary/aromatic N) is 3. The molecule has 192 valence electrons. The monoisotopic (exact) mass is 516 g/mol.